The van der Waals surface area contributed by atoms with E-state index in [1.807, 2.05) is 11.4 Å². The Bertz CT molecular complexity index is 783. The molecule has 27 heavy (non-hydrogen) atoms. The van der Waals surface area contributed by atoms with Gasteiger partial charge in [0.25, 0.3) is 5.91 Å². The largest absolute Gasteiger partial charge is 0.434 e. The van der Waals surface area contributed by atoms with Crippen LogP contribution in [0.5, 0.6) is 5.75 Å². The molecule has 3 rings (SSSR count). The molecule has 0 unspecified atom stereocenters. The SMILES string of the molecule is O=C(NCc1ccccc1OC(F)F)[C@H]1CCCN(C(=O)c2cccs2)C1. The van der Waals surface area contributed by atoms with Gasteiger partial charge in [0.05, 0.1) is 10.8 Å². The maximum Gasteiger partial charge on any atom is 0.387 e. The van der Waals surface area contributed by atoms with E-state index in [-0.39, 0.29) is 30.0 Å². The third-order valence-corrected chi connectivity index (χ3v) is 5.31. The number of ether oxygens (including phenoxy) is 1. The van der Waals surface area contributed by atoms with E-state index in [0.29, 0.717) is 30.0 Å². The fourth-order valence-electron chi connectivity index (χ4n) is 3.12. The monoisotopic (exact) mass is 394 g/mol. The second-order valence-corrected chi connectivity index (χ2v) is 7.22. The van der Waals surface area contributed by atoms with E-state index in [4.69, 9.17) is 0 Å². The van der Waals surface area contributed by atoms with Gasteiger partial charge in [-0.15, -0.1) is 11.3 Å². The Morgan fingerprint density at radius 3 is 2.81 bits per heavy atom. The summed E-state index contributed by atoms with van der Waals surface area (Å²) in [6.07, 6.45) is 1.44. The molecule has 1 aromatic heterocycles. The smallest absolute Gasteiger partial charge is 0.387 e. The minimum atomic E-state index is -2.92. The van der Waals surface area contributed by atoms with Crippen LogP contribution in [0.1, 0.15) is 28.1 Å². The first kappa shape index (κ1) is 19.3. The average Bonchev–Trinajstić information content (AvgIpc) is 3.21. The number of para-hydroxylation sites is 1. The quantitative estimate of drug-likeness (QED) is 0.816. The van der Waals surface area contributed by atoms with E-state index in [2.05, 4.69) is 10.1 Å². The number of amides is 2. The van der Waals surface area contributed by atoms with Crippen molar-refractivity contribution in [1.82, 2.24) is 10.2 Å². The molecule has 1 aliphatic rings. The van der Waals surface area contributed by atoms with Crippen LogP contribution in [0.15, 0.2) is 41.8 Å². The number of benzene rings is 1. The van der Waals surface area contributed by atoms with Crippen LogP contribution in [-0.2, 0) is 11.3 Å². The zero-order chi connectivity index (χ0) is 19.2. The van der Waals surface area contributed by atoms with Crippen molar-refractivity contribution in [3.8, 4) is 5.75 Å². The summed E-state index contributed by atoms with van der Waals surface area (Å²) >= 11 is 1.38. The van der Waals surface area contributed by atoms with Gasteiger partial charge in [0.1, 0.15) is 5.75 Å². The van der Waals surface area contributed by atoms with Crippen molar-refractivity contribution < 1.29 is 23.1 Å². The number of nitrogens with zero attached hydrogens (tertiary/aromatic N) is 1. The summed E-state index contributed by atoms with van der Waals surface area (Å²) < 4.78 is 29.4. The predicted molar refractivity (Wildman–Crippen MR) is 97.9 cm³/mol. The highest BCUT2D eigenvalue weighted by Crippen LogP contribution is 2.22. The van der Waals surface area contributed by atoms with Crippen LogP contribution in [0.25, 0.3) is 0 Å². The highest BCUT2D eigenvalue weighted by Gasteiger charge is 2.29. The lowest BCUT2D eigenvalue weighted by Crippen LogP contribution is -2.45. The van der Waals surface area contributed by atoms with Crippen LogP contribution in [0, 0.1) is 5.92 Å². The molecule has 2 heterocycles. The third kappa shape index (κ3) is 5.03. The van der Waals surface area contributed by atoms with Crippen molar-refractivity contribution in [3.05, 3.63) is 52.2 Å². The van der Waals surface area contributed by atoms with Crippen LogP contribution in [0.2, 0.25) is 0 Å². The van der Waals surface area contributed by atoms with E-state index in [0.717, 1.165) is 6.42 Å². The van der Waals surface area contributed by atoms with Crippen molar-refractivity contribution in [2.75, 3.05) is 13.1 Å². The predicted octanol–water partition coefficient (Wildman–Crippen LogP) is 3.52. The number of carbonyl (C=O) groups excluding carboxylic acids is 2. The lowest BCUT2D eigenvalue weighted by Gasteiger charge is -2.31. The number of hydrogen-bond donors (Lipinski definition) is 1. The van der Waals surface area contributed by atoms with E-state index < -0.39 is 6.61 Å². The average molecular weight is 394 g/mol. The van der Waals surface area contributed by atoms with Gasteiger partial charge in [-0.25, -0.2) is 0 Å². The van der Waals surface area contributed by atoms with Crippen molar-refractivity contribution in [2.24, 2.45) is 5.92 Å². The molecular weight excluding hydrogens is 374 g/mol. The lowest BCUT2D eigenvalue weighted by molar-refractivity contribution is -0.126. The summed E-state index contributed by atoms with van der Waals surface area (Å²) in [7, 11) is 0. The van der Waals surface area contributed by atoms with E-state index in [1.54, 1.807) is 29.2 Å². The Hall–Kier alpha value is -2.48. The van der Waals surface area contributed by atoms with Gasteiger partial charge in [-0.1, -0.05) is 24.3 Å². The van der Waals surface area contributed by atoms with Crippen LogP contribution >= 0.6 is 11.3 Å². The number of rotatable bonds is 6. The first-order valence-electron chi connectivity index (χ1n) is 8.68. The van der Waals surface area contributed by atoms with Crippen molar-refractivity contribution >= 4 is 23.2 Å². The van der Waals surface area contributed by atoms with Crippen LogP contribution in [0.3, 0.4) is 0 Å². The molecular formula is C19H20F2N2O3S. The molecule has 1 saturated heterocycles. The minimum absolute atomic E-state index is 0.0472. The Labute approximate surface area is 159 Å². The van der Waals surface area contributed by atoms with Crippen molar-refractivity contribution in [3.63, 3.8) is 0 Å². The van der Waals surface area contributed by atoms with E-state index >= 15 is 0 Å². The number of alkyl halides is 2. The minimum Gasteiger partial charge on any atom is -0.434 e. The number of nitrogens with one attached hydrogen (secondary N) is 1. The number of likely N-dealkylation sites (tertiary alicyclic amines) is 1. The standard InChI is InChI=1S/C19H20F2N2O3S/c20-19(21)26-15-7-2-1-5-13(15)11-22-17(24)14-6-3-9-23(12-14)18(25)16-8-4-10-27-16/h1-2,4-5,7-8,10,14,19H,3,6,9,11-12H2,(H,22,24)/t14-/m0/s1. The Kier molecular flexibility index (Phi) is 6.39. The van der Waals surface area contributed by atoms with Gasteiger partial charge < -0.3 is 15.0 Å². The molecule has 0 bridgehead atoms. The number of thiophene rings is 1. The van der Waals surface area contributed by atoms with E-state index in [1.165, 1.54) is 17.4 Å². The van der Waals surface area contributed by atoms with Gasteiger partial charge in [-0.2, -0.15) is 8.78 Å². The summed E-state index contributed by atoms with van der Waals surface area (Å²) in [4.78, 5) is 27.4. The van der Waals surface area contributed by atoms with Gasteiger partial charge in [-0.05, 0) is 30.4 Å². The molecule has 8 heteroatoms. The normalized spacial score (nSPS) is 17.0. The molecule has 0 radical (unpaired) electrons. The number of hydrogen-bond acceptors (Lipinski definition) is 4. The summed E-state index contributed by atoms with van der Waals surface area (Å²) in [6.45, 7) is -1.84. The summed E-state index contributed by atoms with van der Waals surface area (Å²) in [5, 5.41) is 4.62. The maximum absolute atomic E-state index is 12.5. The van der Waals surface area contributed by atoms with Crippen LogP contribution < -0.4 is 10.1 Å². The lowest BCUT2D eigenvalue weighted by atomic mass is 9.97. The Morgan fingerprint density at radius 2 is 2.07 bits per heavy atom. The highest BCUT2D eigenvalue weighted by molar-refractivity contribution is 7.12. The molecule has 1 aromatic carbocycles. The molecule has 0 aliphatic carbocycles. The Balaban J connectivity index is 1.57. The molecule has 1 fully saturated rings. The summed E-state index contributed by atoms with van der Waals surface area (Å²) in [5.41, 5.74) is 0.480. The van der Waals surface area contributed by atoms with Gasteiger partial charge in [-0.3, -0.25) is 9.59 Å². The fourth-order valence-corrected chi connectivity index (χ4v) is 3.81. The molecule has 1 atom stereocenters. The molecule has 1 N–H and O–H groups in total. The molecule has 144 valence electrons. The fraction of sp³-hybridized carbons (Fsp3) is 0.368. The molecule has 1 aliphatic heterocycles. The summed E-state index contributed by atoms with van der Waals surface area (Å²) in [6, 6.07) is 9.96. The first-order valence-corrected chi connectivity index (χ1v) is 9.56. The van der Waals surface area contributed by atoms with Crippen LogP contribution in [0.4, 0.5) is 8.78 Å². The second kappa shape index (κ2) is 8.94. The molecule has 0 saturated carbocycles. The maximum atomic E-state index is 12.5. The van der Waals surface area contributed by atoms with Crippen LogP contribution in [-0.4, -0.2) is 36.4 Å². The number of piperidine rings is 1. The van der Waals surface area contributed by atoms with Gasteiger partial charge in [0.15, 0.2) is 0 Å². The molecule has 2 amide bonds. The number of halogens is 2. The van der Waals surface area contributed by atoms with Gasteiger partial charge in [0, 0.05) is 25.2 Å². The zero-order valence-corrected chi connectivity index (χ0v) is 15.4. The molecule has 0 spiro atoms. The highest BCUT2D eigenvalue weighted by atomic mass is 32.1. The Morgan fingerprint density at radius 1 is 1.26 bits per heavy atom. The van der Waals surface area contributed by atoms with Gasteiger partial charge >= 0.3 is 6.61 Å². The second-order valence-electron chi connectivity index (χ2n) is 6.27. The van der Waals surface area contributed by atoms with E-state index in [9.17, 15) is 18.4 Å². The van der Waals surface area contributed by atoms with Crippen molar-refractivity contribution in [2.45, 2.75) is 26.0 Å². The molecule has 2 aromatic rings. The molecule has 5 nitrogen and oxygen atoms in total. The topological polar surface area (TPSA) is 58.6 Å². The number of carbonyl (C=O) groups is 2. The zero-order valence-electron chi connectivity index (χ0n) is 14.6. The summed E-state index contributed by atoms with van der Waals surface area (Å²) in [5.74, 6) is -0.513. The van der Waals surface area contributed by atoms with Gasteiger partial charge in [0.2, 0.25) is 5.91 Å². The third-order valence-electron chi connectivity index (χ3n) is 4.45. The van der Waals surface area contributed by atoms with Crippen molar-refractivity contribution in [1.29, 1.82) is 0 Å². The first-order chi connectivity index (χ1) is 13.0.